The molecule has 0 saturated carbocycles. The first-order valence-electron chi connectivity index (χ1n) is 31.0. The number of nitrogens with one attached hydrogen (secondary N) is 1. The van der Waals surface area contributed by atoms with Crippen LogP contribution in [0.4, 0.5) is 0 Å². The van der Waals surface area contributed by atoms with Gasteiger partial charge < -0.3 is 19.8 Å². The van der Waals surface area contributed by atoms with Crippen LogP contribution in [0.25, 0.3) is 0 Å². The number of phosphoric ester groups is 1. The molecule has 0 fully saturated rings. The summed E-state index contributed by atoms with van der Waals surface area (Å²) >= 11 is 0. The molecule has 0 aromatic heterocycles. The Hall–Kier alpha value is -1.54. The average molecular weight is 1030 g/mol. The van der Waals surface area contributed by atoms with Gasteiger partial charge in [-0.15, -0.1) is 0 Å². The number of rotatable bonds is 57. The van der Waals surface area contributed by atoms with E-state index in [4.69, 9.17) is 9.05 Å². The largest absolute Gasteiger partial charge is 0.472 e. The van der Waals surface area contributed by atoms with Gasteiger partial charge in [0.2, 0.25) is 5.91 Å². The number of aliphatic hydroxyl groups is 1. The number of allylic oxidation sites excluding steroid dienone is 7. The van der Waals surface area contributed by atoms with Gasteiger partial charge in [0.25, 0.3) is 0 Å². The Morgan fingerprint density at radius 3 is 1.11 bits per heavy atom. The molecule has 9 heteroatoms. The maximum atomic E-state index is 13.0. The van der Waals surface area contributed by atoms with Crippen molar-refractivity contribution >= 4 is 13.7 Å². The van der Waals surface area contributed by atoms with Crippen molar-refractivity contribution in [2.24, 2.45) is 0 Å². The summed E-state index contributed by atoms with van der Waals surface area (Å²) in [5.41, 5.74) is 0. The van der Waals surface area contributed by atoms with Crippen LogP contribution in [0.5, 0.6) is 0 Å². The highest BCUT2D eigenvalue weighted by Crippen LogP contribution is 2.43. The lowest BCUT2D eigenvalue weighted by Crippen LogP contribution is -2.45. The topological polar surface area (TPSA) is 105 Å². The minimum Gasteiger partial charge on any atom is -0.387 e. The van der Waals surface area contributed by atoms with Crippen LogP contribution in [0.3, 0.4) is 0 Å². The molecule has 0 aliphatic heterocycles. The molecular weight excluding hydrogens is 912 g/mol. The number of phosphoric acid groups is 1. The third-order valence-electron chi connectivity index (χ3n) is 14.0. The summed E-state index contributed by atoms with van der Waals surface area (Å²) in [4.78, 5) is 23.3. The van der Waals surface area contributed by atoms with Crippen LogP contribution >= 0.6 is 7.82 Å². The number of carbonyl (C=O) groups is 1. The molecule has 0 radical (unpaired) electrons. The number of aliphatic hydroxyl groups excluding tert-OH is 1. The van der Waals surface area contributed by atoms with Crippen LogP contribution in [0.1, 0.15) is 296 Å². The van der Waals surface area contributed by atoms with E-state index in [2.05, 4.69) is 55.6 Å². The number of unbranched alkanes of at least 4 members (excludes halogenated alkanes) is 38. The fraction of sp³-hybridized carbons (Fsp3) is 0.857. The third-order valence-corrected chi connectivity index (χ3v) is 15.0. The number of hydrogen-bond acceptors (Lipinski definition) is 5. The quantitative estimate of drug-likeness (QED) is 0.0243. The second kappa shape index (κ2) is 54.3. The van der Waals surface area contributed by atoms with Gasteiger partial charge in [0, 0.05) is 6.42 Å². The summed E-state index contributed by atoms with van der Waals surface area (Å²) in [5.74, 6) is -0.188. The highest BCUT2D eigenvalue weighted by molar-refractivity contribution is 7.47. The van der Waals surface area contributed by atoms with Crippen LogP contribution in [-0.4, -0.2) is 73.4 Å². The van der Waals surface area contributed by atoms with Crippen molar-refractivity contribution in [1.29, 1.82) is 0 Å². The van der Waals surface area contributed by atoms with Gasteiger partial charge in [-0.25, -0.2) is 4.57 Å². The van der Waals surface area contributed by atoms with Gasteiger partial charge in [-0.2, -0.15) is 0 Å². The average Bonchev–Trinajstić information content (AvgIpc) is 3.34. The van der Waals surface area contributed by atoms with E-state index in [0.29, 0.717) is 17.4 Å². The fourth-order valence-corrected chi connectivity index (χ4v) is 9.87. The second-order valence-corrected chi connectivity index (χ2v) is 23.9. The lowest BCUT2D eigenvalue weighted by molar-refractivity contribution is -0.870. The zero-order valence-corrected chi connectivity index (χ0v) is 49.3. The first-order chi connectivity index (χ1) is 35.0. The molecule has 0 spiro atoms. The molecule has 0 aromatic rings. The molecule has 424 valence electrons. The lowest BCUT2D eigenvalue weighted by atomic mass is 10.0. The molecule has 0 heterocycles. The van der Waals surface area contributed by atoms with E-state index < -0.39 is 20.0 Å². The second-order valence-electron chi connectivity index (χ2n) is 22.4. The van der Waals surface area contributed by atoms with E-state index in [1.165, 1.54) is 231 Å². The molecule has 0 aliphatic carbocycles. The molecule has 72 heavy (non-hydrogen) atoms. The van der Waals surface area contributed by atoms with Gasteiger partial charge in [0.15, 0.2) is 0 Å². The maximum Gasteiger partial charge on any atom is 0.472 e. The monoisotopic (exact) mass is 1030 g/mol. The van der Waals surface area contributed by atoms with Gasteiger partial charge in [0.1, 0.15) is 13.2 Å². The van der Waals surface area contributed by atoms with Crippen molar-refractivity contribution in [3.63, 3.8) is 0 Å². The first kappa shape index (κ1) is 70.5. The predicted octanol–water partition coefficient (Wildman–Crippen LogP) is 19.1. The van der Waals surface area contributed by atoms with E-state index in [9.17, 15) is 19.4 Å². The zero-order valence-electron chi connectivity index (χ0n) is 48.4. The van der Waals surface area contributed by atoms with Crippen LogP contribution < -0.4 is 5.32 Å². The van der Waals surface area contributed by atoms with Crippen molar-refractivity contribution in [2.75, 3.05) is 40.9 Å². The third kappa shape index (κ3) is 56.2. The van der Waals surface area contributed by atoms with E-state index in [1.807, 2.05) is 27.2 Å². The summed E-state index contributed by atoms with van der Waals surface area (Å²) in [6, 6.07) is -0.871. The number of likely N-dealkylation sites (N-methyl/N-ethyl adjacent to an activating group) is 1. The molecule has 1 amide bonds. The van der Waals surface area contributed by atoms with E-state index in [-0.39, 0.29) is 19.1 Å². The number of amides is 1. The first-order valence-corrected chi connectivity index (χ1v) is 32.5. The predicted molar refractivity (Wildman–Crippen MR) is 314 cm³/mol. The maximum absolute atomic E-state index is 13.0. The smallest absolute Gasteiger partial charge is 0.387 e. The summed E-state index contributed by atoms with van der Waals surface area (Å²) in [5, 5.41) is 13.9. The van der Waals surface area contributed by atoms with Gasteiger partial charge in [-0.3, -0.25) is 13.8 Å². The van der Waals surface area contributed by atoms with Crippen molar-refractivity contribution in [3.05, 3.63) is 48.6 Å². The number of nitrogens with zero attached hydrogens (tertiary/aromatic N) is 1. The molecular formula is C63H122N2O6P+. The van der Waals surface area contributed by atoms with Crippen LogP contribution in [0, 0.1) is 0 Å². The molecule has 8 nitrogen and oxygen atoms in total. The number of hydrogen-bond donors (Lipinski definition) is 3. The van der Waals surface area contributed by atoms with Crippen LogP contribution in [0.15, 0.2) is 48.6 Å². The summed E-state index contributed by atoms with van der Waals surface area (Å²) in [6.45, 7) is 4.82. The SMILES string of the molecule is CCCCCCCCCCCCC/C=C/CC/C=C/CC/C=C/C(O)C(COP(=O)(O)OCC[N+](C)(C)C)NC(=O)CCCCCCCCCCCCCCC/C=C\CCCCCCCCCCCCCC. The Kier molecular flexibility index (Phi) is 53.1. The molecule has 0 aromatic carbocycles. The molecule has 0 saturated heterocycles. The van der Waals surface area contributed by atoms with E-state index >= 15 is 0 Å². The highest BCUT2D eigenvalue weighted by Gasteiger charge is 2.27. The Bertz CT molecular complexity index is 1310. The summed E-state index contributed by atoms with van der Waals surface area (Å²) < 4.78 is 23.7. The normalized spacial score (nSPS) is 14.2. The van der Waals surface area contributed by atoms with E-state index in [1.54, 1.807) is 6.08 Å². The molecule has 0 aliphatic rings. The van der Waals surface area contributed by atoms with Gasteiger partial charge in [0.05, 0.1) is 39.9 Å². The number of quaternary nitrogens is 1. The minimum atomic E-state index is -4.36. The molecule has 3 N–H and O–H groups in total. The van der Waals surface area contributed by atoms with Crippen molar-refractivity contribution in [2.45, 2.75) is 309 Å². The highest BCUT2D eigenvalue weighted by atomic mass is 31.2. The fourth-order valence-electron chi connectivity index (χ4n) is 9.13. The Balaban J connectivity index is 4.18. The van der Waals surface area contributed by atoms with Crippen molar-refractivity contribution in [3.8, 4) is 0 Å². The molecule has 3 atom stereocenters. The van der Waals surface area contributed by atoms with Gasteiger partial charge in [-0.1, -0.05) is 268 Å². The summed E-state index contributed by atoms with van der Waals surface area (Å²) in [6.07, 6.45) is 72.3. The molecule has 0 bridgehead atoms. The van der Waals surface area contributed by atoms with Crippen LogP contribution in [-0.2, 0) is 18.4 Å². The Labute approximate surface area is 448 Å². The molecule has 3 unspecified atom stereocenters. The van der Waals surface area contributed by atoms with Crippen molar-refractivity contribution < 1.29 is 32.9 Å². The standard InChI is InChI=1S/C63H121N2O6P/c1-6-8-10-12-14-16-18-20-22-24-26-28-29-30-31-32-33-34-35-37-39-41-43-45-47-49-51-53-55-57-63(67)64-61(60-71-72(68,69)70-59-58-65(3,4)5)62(66)56-54-52-50-48-46-44-42-40-38-36-27-25-23-21-19-17-15-13-11-9-7-2/h30-31,38,40,46,48,54,56,61-62,66H,6-29,32-37,39,41-45,47,49-53,55,57-60H2,1-5H3,(H-,64,67,68,69)/p+1/b31-30-,40-38+,48-46+,56-54+. The Morgan fingerprint density at radius 2 is 0.764 bits per heavy atom. The number of carbonyl (C=O) groups excluding carboxylic acids is 1. The van der Waals surface area contributed by atoms with Gasteiger partial charge >= 0.3 is 7.82 Å². The van der Waals surface area contributed by atoms with Gasteiger partial charge in [-0.05, 0) is 70.6 Å². The zero-order chi connectivity index (χ0) is 52.7. The Morgan fingerprint density at radius 1 is 0.458 bits per heavy atom. The van der Waals surface area contributed by atoms with Crippen molar-refractivity contribution in [1.82, 2.24) is 5.32 Å². The van der Waals surface area contributed by atoms with Crippen LogP contribution in [0.2, 0.25) is 0 Å². The lowest BCUT2D eigenvalue weighted by Gasteiger charge is -2.25. The minimum absolute atomic E-state index is 0.0536. The van der Waals surface area contributed by atoms with E-state index in [0.717, 1.165) is 44.9 Å². The molecule has 0 rings (SSSR count). The summed E-state index contributed by atoms with van der Waals surface area (Å²) in [7, 11) is 1.55.